The molecule has 0 bridgehead atoms. The summed E-state index contributed by atoms with van der Waals surface area (Å²) in [6.07, 6.45) is 0. The molecule has 6 heteroatoms. The molecule has 4 nitrogen and oxygen atoms in total. The molecule has 3 aromatic rings. The van der Waals surface area contributed by atoms with E-state index in [1.807, 2.05) is 31.3 Å². The maximum atomic E-state index is 5.90. The number of nitrogens with one attached hydrogen (secondary N) is 2. The first-order valence-corrected chi connectivity index (χ1v) is 7.79. The molecule has 2 N–H and O–H groups in total. The normalized spacial score (nSPS) is 10.8. The highest BCUT2D eigenvalue weighted by molar-refractivity contribution is 7.18. The van der Waals surface area contributed by atoms with Gasteiger partial charge in [-0.25, -0.2) is 4.98 Å². The average Bonchev–Trinajstić information content (AvgIpc) is 2.86. The molecule has 0 aliphatic carbocycles. The predicted molar refractivity (Wildman–Crippen MR) is 90.5 cm³/mol. The summed E-state index contributed by atoms with van der Waals surface area (Å²) in [5, 5.41) is 8.19. The van der Waals surface area contributed by atoms with Crippen LogP contribution in [0.5, 0.6) is 0 Å². The van der Waals surface area contributed by atoms with Crippen LogP contribution in [0.3, 0.4) is 0 Å². The van der Waals surface area contributed by atoms with Gasteiger partial charge in [-0.3, -0.25) is 0 Å². The molecule has 0 aliphatic rings. The van der Waals surface area contributed by atoms with Crippen molar-refractivity contribution in [2.24, 2.45) is 0 Å². The Labute approximate surface area is 132 Å². The summed E-state index contributed by atoms with van der Waals surface area (Å²) in [5.74, 6) is 1.48. The van der Waals surface area contributed by atoms with Crippen molar-refractivity contribution in [3.8, 4) is 0 Å². The van der Waals surface area contributed by atoms with E-state index in [1.54, 1.807) is 11.3 Å². The van der Waals surface area contributed by atoms with Crippen molar-refractivity contribution in [1.29, 1.82) is 0 Å². The molecule has 0 saturated carbocycles. The molecule has 1 aromatic carbocycles. The number of benzene rings is 1. The van der Waals surface area contributed by atoms with Gasteiger partial charge in [-0.1, -0.05) is 23.7 Å². The summed E-state index contributed by atoms with van der Waals surface area (Å²) in [5.41, 5.74) is 1.16. The van der Waals surface area contributed by atoms with Gasteiger partial charge >= 0.3 is 0 Å². The highest BCUT2D eigenvalue weighted by Gasteiger charge is 2.09. The average molecular weight is 319 g/mol. The zero-order valence-corrected chi connectivity index (χ0v) is 13.3. The molecule has 0 fully saturated rings. The molecule has 0 radical (unpaired) electrons. The molecular formula is C15H15ClN4S. The number of rotatable bonds is 4. The van der Waals surface area contributed by atoms with Gasteiger partial charge in [0.05, 0.1) is 5.39 Å². The van der Waals surface area contributed by atoms with Crippen LogP contribution in [0, 0.1) is 6.92 Å². The molecule has 0 spiro atoms. The lowest BCUT2D eigenvalue weighted by Crippen LogP contribution is -2.04. The quantitative estimate of drug-likeness (QED) is 0.752. The molecule has 21 heavy (non-hydrogen) atoms. The van der Waals surface area contributed by atoms with Gasteiger partial charge in [0.2, 0.25) is 5.95 Å². The highest BCUT2D eigenvalue weighted by Crippen LogP contribution is 2.29. The molecule has 108 valence electrons. The van der Waals surface area contributed by atoms with E-state index in [2.05, 4.69) is 33.6 Å². The number of aromatic nitrogens is 2. The lowest BCUT2D eigenvalue weighted by Gasteiger charge is -2.08. The molecule has 0 amide bonds. The Hall–Kier alpha value is -1.85. The van der Waals surface area contributed by atoms with Crippen molar-refractivity contribution in [2.75, 3.05) is 17.7 Å². The van der Waals surface area contributed by atoms with Crippen molar-refractivity contribution in [3.63, 3.8) is 0 Å². The third kappa shape index (κ3) is 3.09. The molecular weight excluding hydrogens is 304 g/mol. The topological polar surface area (TPSA) is 49.8 Å². The zero-order valence-electron chi connectivity index (χ0n) is 11.8. The summed E-state index contributed by atoms with van der Waals surface area (Å²) in [6, 6.07) is 9.91. The van der Waals surface area contributed by atoms with E-state index in [0.717, 1.165) is 26.6 Å². The zero-order chi connectivity index (χ0) is 14.8. The van der Waals surface area contributed by atoms with E-state index in [0.29, 0.717) is 12.5 Å². The molecule has 0 saturated heterocycles. The van der Waals surface area contributed by atoms with Gasteiger partial charge in [0.15, 0.2) is 0 Å². The van der Waals surface area contributed by atoms with Gasteiger partial charge in [-0.2, -0.15) is 4.98 Å². The van der Waals surface area contributed by atoms with Crippen molar-refractivity contribution >= 4 is 44.9 Å². The van der Waals surface area contributed by atoms with Crippen LogP contribution in [0.4, 0.5) is 11.8 Å². The number of thiophene rings is 1. The Morgan fingerprint density at radius 2 is 1.95 bits per heavy atom. The Kier molecular flexibility index (Phi) is 3.94. The van der Waals surface area contributed by atoms with Crippen molar-refractivity contribution in [3.05, 3.63) is 45.8 Å². The van der Waals surface area contributed by atoms with Gasteiger partial charge in [-0.15, -0.1) is 11.3 Å². The maximum absolute atomic E-state index is 5.90. The van der Waals surface area contributed by atoms with E-state index in [4.69, 9.17) is 11.6 Å². The molecule has 3 rings (SSSR count). The predicted octanol–water partition coefficient (Wildman–Crippen LogP) is 4.31. The molecule has 0 aliphatic heterocycles. The summed E-state index contributed by atoms with van der Waals surface area (Å²) in [7, 11) is 1.82. The van der Waals surface area contributed by atoms with Crippen LogP contribution in [-0.2, 0) is 6.54 Å². The fraction of sp³-hybridized carbons (Fsp3) is 0.200. The molecule has 2 heterocycles. The smallest absolute Gasteiger partial charge is 0.225 e. The van der Waals surface area contributed by atoms with E-state index in [-0.39, 0.29) is 0 Å². The van der Waals surface area contributed by atoms with Gasteiger partial charge < -0.3 is 10.6 Å². The summed E-state index contributed by atoms with van der Waals surface area (Å²) in [6.45, 7) is 2.77. The SMILES string of the molecule is CNc1nc(NCc2ccc(Cl)cc2)c2cc(C)sc2n1. The second-order valence-electron chi connectivity index (χ2n) is 4.70. The third-order valence-corrected chi connectivity index (χ3v) is 4.31. The molecule has 0 atom stereocenters. The van der Waals surface area contributed by atoms with Crippen LogP contribution in [-0.4, -0.2) is 17.0 Å². The van der Waals surface area contributed by atoms with Crippen LogP contribution in [0.2, 0.25) is 5.02 Å². The highest BCUT2D eigenvalue weighted by atomic mass is 35.5. The van der Waals surface area contributed by atoms with Crippen LogP contribution < -0.4 is 10.6 Å². The number of aryl methyl sites for hydroxylation is 1. The minimum atomic E-state index is 0.628. The minimum Gasteiger partial charge on any atom is -0.365 e. The Balaban J connectivity index is 1.90. The van der Waals surface area contributed by atoms with Crippen LogP contribution in [0.1, 0.15) is 10.4 Å². The molecule has 0 unspecified atom stereocenters. The first-order valence-electron chi connectivity index (χ1n) is 6.60. The fourth-order valence-corrected chi connectivity index (χ4v) is 3.08. The monoisotopic (exact) mass is 318 g/mol. The van der Waals surface area contributed by atoms with Gasteiger partial charge in [0.1, 0.15) is 10.6 Å². The van der Waals surface area contributed by atoms with Crippen molar-refractivity contribution < 1.29 is 0 Å². The van der Waals surface area contributed by atoms with E-state index in [9.17, 15) is 0 Å². The Morgan fingerprint density at radius 3 is 2.67 bits per heavy atom. The minimum absolute atomic E-state index is 0.628. The maximum Gasteiger partial charge on any atom is 0.225 e. The van der Waals surface area contributed by atoms with Gasteiger partial charge in [0, 0.05) is 23.5 Å². The third-order valence-electron chi connectivity index (χ3n) is 3.11. The van der Waals surface area contributed by atoms with Crippen LogP contribution in [0.25, 0.3) is 10.2 Å². The van der Waals surface area contributed by atoms with E-state index < -0.39 is 0 Å². The van der Waals surface area contributed by atoms with E-state index >= 15 is 0 Å². The lowest BCUT2D eigenvalue weighted by atomic mass is 10.2. The Bertz CT molecular complexity index is 767. The summed E-state index contributed by atoms with van der Waals surface area (Å²) >= 11 is 7.57. The Morgan fingerprint density at radius 1 is 1.19 bits per heavy atom. The van der Waals surface area contributed by atoms with Crippen LogP contribution >= 0.6 is 22.9 Å². The second kappa shape index (κ2) is 5.87. The largest absolute Gasteiger partial charge is 0.365 e. The van der Waals surface area contributed by atoms with Crippen molar-refractivity contribution in [1.82, 2.24) is 9.97 Å². The standard InChI is InChI=1S/C15H15ClN4S/c1-9-7-12-13(19-15(17-2)20-14(12)21-9)18-8-10-3-5-11(16)6-4-10/h3-7H,8H2,1-2H3,(H2,17,18,19,20). The van der Waals surface area contributed by atoms with Gasteiger partial charge in [-0.05, 0) is 30.7 Å². The number of hydrogen-bond donors (Lipinski definition) is 2. The van der Waals surface area contributed by atoms with Crippen LogP contribution in [0.15, 0.2) is 30.3 Å². The number of hydrogen-bond acceptors (Lipinski definition) is 5. The first-order chi connectivity index (χ1) is 10.2. The number of nitrogens with zero attached hydrogens (tertiary/aromatic N) is 2. The fourth-order valence-electron chi connectivity index (χ4n) is 2.08. The van der Waals surface area contributed by atoms with Crippen molar-refractivity contribution in [2.45, 2.75) is 13.5 Å². The van der Waals surface area contributed by atoms with Gasteiger partial charge in [0.25, 0.3) is 0 Å². The lowest BCUT2D eigenvalue weighted by molar-refractivity contribution is 1.10. The first kappa shape index (κ1) is 14.1. The van der Waals surface area contributed by atoms with E-state index in [1.165, 1.54) is 4.88 Å². The second-order valence-corrected chi connectivity index (χ2v) is 6.37. The number of halogens is 1. The molecule has 2 aromatic heterocycles. The number of fused-ring (bicyclic) bond motifs is 1. The summed E-state index contributed by atoms with van der Waals surface area (Å²) in [4.78, 5) is 11.2. The summed E-state index contributed by atoms with van der Waals surface area (Å²) < 4.78 is 0. The number of anilines is 2.